The summed E-state index contributed by atoms with van der Waals surface area (Å²) in [7, 11) is 0. The Bertz CT molecular complexity index is 2930. The smallest absolute Gasteiger partial charge is 0.274 e. The molecule has 0 bridgehead atoms. The number of fused-ring (bicyclic) bond motifs is 4. The van der Waals surface area contributed by atoms with Gasteiger partial charge in [0.05, 0.1) is 57.2 Å². The van der Waals surface area contributed by atoms with Gasteiger partial charge < -0.3 is 5.32 Å². The fourth-order valence-electron chi connectivity index (χ4n) is 6.57. The van der Waals surface area contributed by atoms with Crippen LogP contribution in [0.5, 0.6) is 0 Å². The van der Waals surface area contributed by atoms with E-state index in [2.05, 4.69) is 25.3 Å². The number of nitrogens with one attached hydrogen (secondary N) is 2. The van der Waals surface area contributed by atoms with Crippen molar-refractivity contribution in [3.8, 4) is 11.4 Å². The molecule has 0 saturated heterocycles. The minimum atomic E-state index is -0.508. The third-order valence-corrected chi connectivity index (χ3v) is 9.61. The van der Waals surface area contributed by atoms with E-state index in [1.807, 2.05) is 158 Å². The molecule has 0 fully saturated rings. The third kappa shape index (κ3) is 7.83. The standard InChI is InChI=1S/C23H16N4O.C13H9ClN2.C10H7ClN2O/c28-23(21-14-15-24-27(21)16-8-2-1-3-9-16)26-22-17-10-4-6-12-19(17)25-20-13-7-5-11-18(20)22;14-16-13-9-5-1-3-7-11(9)15-12-8-4-2-6-10(12)13;11-10(14)9-6-7-12-13(9)8-4-2-1-3-5-8/h1-15H,(H,25,26,28);1-8H,(H,15,16);1-7H. The summed E-state index contributed by atoms with van der Waals surface area (Å²) >= 11 is 11.2. The topological polar surface area (TPSA) is 120 Å². The molecule has 10 nitrogen and oxygen atoms in total. The molecular formula is C46H32Cl2N8O2. The molecule has 0 radical (unpaired) electrons. The molecule has 10 aromatic rings. The largest absolute Gasteiger partial charge is 0.319 e. The minimum absolute atomic E-state index is 0.220. The fourth-order valence-corrected chi connectivity index (χ4v) is 6.92. The molecule has 0 saturated carbocycles. The maximum atomic E-state index is 13.2. The molecule has 1 amide bonds. The van der Waals surface area contributed by atoms with Crippen LogP contribution in [-0.2, 0) is 0 Å². The summed E-state index contributed by atoms with van der Waals surface area (Å²) in [5.74, 6) is -0.220. The number of hydrogen-bond donors (Lipinski definition) is 2. The highest BCUT2D eigenvalue weighted by molar-refractivity contribution is 6.67. The second-order valence-electron chi connectivity index (χ2n) is 12.8. The first-order valence-electron chi connectivity index (χ1n) is 18.1. The van der Waals surface area contributed by atoms with Gasteiger partial charge in [0.2, 0.25) is 0 Å². The molecule has 0 aliphatic carbocycles. The number of anilines is 2. The van der Waals surface area contributed by atoms with Crippen LogP contribution >= 0.6 is 23.4 Å². The molecule has 0 atom stereocenters. The molecule has 282 valence electrons. The van der Waals surface area contributed by atoms with Gasteiger partial charge in [-0.2, -0.15) is 10.2 Å². The van der Waals surface area contributed by atoms with Crippen LogP contribution in [0, 0.1) is 0 Å². The monoisotopic (exact) mass is 798 g/mol. The van der Waals surface area contributed by atoms with E-state index in [0.717, 1.165) is 66.4 Å². The van der Waals surface area contributed by atoms with Gasteiger partial charge in [-0.05, 0) is 72.3 Å². The van der Waals surface area contributed by atoms with Crippen molar-refractivity contribution in [2.24, 2.45) is 0 Å². The summed E-state index contributed by atoms with van der Waals surface area (Å²) in [6.07, 6.45) is 3.17. The van der Waals surface area contributed by atoms with E-state index in [1.54, 1.807) is 29.2 Å². The summed E-state index contributed by atoms with van der Waals surface area (Å²) in [6.45, 7) is 0. The first kappa shape index (κ1) is 37.5. The Balaban J connectivity index is 0.000000133. The van der Waals surface area contributed by atoms with Crippen LogP contribution in [0.1, 0.15) is 21.0 Å². The Morgan fingerprint density at radius 1 is 0.448 bits per heavy atom. The Hall–Kier alpha value is -7.40. The van der Waals surface area contributed by atoms with Crippen molar-refractivity contribution >= 4 is 89.5 Å². The van der Waals surface area contributed by atoms with E-state index in [0.29, 0.717) is 11.4 Å². The van der Waals surface area contributed by atoms with Crippen LogP contribution in [0.2, 0.25) is 0 Å². The van der Waals surface area contributed by atoms with E-state index in [9.17, 15) is 9.59 Å². The summed E-state index contributed by atoms with van der Waals surface area (Å²) < 4.78 is 3.15. The van der Waals surface area contributed by atoms with Crippen LogP contribution in [0.3, 0.4) is 0 Å². The van der Waals surface area contributed by atoms with Crippen molar-refractivity contribution in [3.05, 3.63) is 194 Å². The van der Waals surface area contributed by atoms with Crippen molar-refractivity contribution in [2.75, 3.05) is 10.2 Å². The van der Waals surface area contributed by atoms with Gasteiger partial charge >= 0.3 is 0 Å². The lowest BCUT2D eigenvalue weighted by Gasteiger charge is -2.13. The van der Waals surface area contributed by atoms with E-state index in [-0.39, 0.29) is 5.91 Å². The zero-order chi connectivity index (χ0) is 39.8. The highest BCUT2D eigenvalue weighted by Crippen LogP contribution is 2.32. The van der Waals surface area contributed by atoms with Gasteiger partial charge in [-0.25, -0.2) is 19.3 Å². The lowest BCUT2D eigenvalue weighted by Crippen LogP contribution is -2.17. The first-order valence-corrected chi connectivity index (χ1v) is 18.9. The van der Waals surface area contributed by atoms with Crippen molar-refractivity contribution in [3.63, 3.8) is 0 Å². The number of nitrogens with zero attached hydrogens (tertiary/aromatic N) is 6. The van der Waals surface area contributed by atoms with E-state index < -0.39 is 5.24 Å². The molecule has 0 aliphatic heterocycles. The van der Waals surface area contributed by atoms with Crippen LogP contribution < -0.4 is 10.2 Å². The molecular weight excluding hydrogens is 767 g/mol. The predicted octanol–water partition coefficient (Wildman–Crippen LogP) is 11.0. The van der Waals surface area contributed by atoms with Crippen LogP contribution in [-0.4, -0.2) is 40.7 Å². The van der Waals surface area contributed by atoms with Gasteiger partial charge in [0.1, 0.15) is 11.4 Å². The van der Waals surface area contributed by atoms with Gasteiger partial charge in [0.25, 0.3) is 11.1 Å². The lowest BCUT2D eigenvalue weighted by molar-refractivity contribution is 0.101. The van der Waals surface area contributed by atoms with Gasteiger partial charge in [-0.15, -0.1) is 0 Å². The van der Waals surface area contributed by atoms with Crippen molar-refractivity contribution in [2.45, 2.75) is 0 Å². The zero-order valence-corrected chi connectivity index (χ0v) is 32.1. The normalized spacial score (nSPS) is 10.7. The lowest BCUT2D eigenvalue weighted by atomic mass is 10.1. The number of halogens is 2. The molecule has 10 rings (SSSR count). The summed E-state index contributed by atoms with van der Waals surface area (Å²) in [5.41, 5.74) is 7.75. The highest BCUT2D eigenvalue weighted by atomic mass is 35.5. The number of carbonyl (C=O) groups is 2. The highest BCUT2D eigenvalue weighted by Gasteiger charge is 2.17. The van der Waals surface area contributed by atoms with Crippen molar-refractivity contribution < 1.29 is 9.59 Å². The van der Waals surface area contributed by atoms with Gasteiger partial charge in [0.15, 0.2) is 0 Å². The Kier molecular flexibility index (Phi) is 11.1. The van der Waals surface area contributed by atoms with Gasteiger partial charge in [0, 0.05) is 33.3 Å². The SMILES string of the molecule is ClNc1c2ccccc2nc2ccccc12.O=C(Cl)c1ccnn1-c1ccccc1.O=C(Nc1c2ccccc2nc2ccccc12)c1ccnn1-c1ccccc1. The second-order valence-corrected chi connectivity index (χ2v) is 13.3. The van der Waals surface area contributed by atoms with E-state index >= 15 is 0 Å². The third-order valence-electron chi connectivity index (χ3n) is 9.23. The molecule has 6 aromatic carbocycles. The number of carbonyl (C=O) groups excluding carboxylic acids is 2. The van der Waals surface area contributed by atoms with Crippen molar-refractivity contribution in [1.29, 1.82) is 0 Å². The first-order chi connectivity index (χ1) is 28.5. The maximum Gasteiger partial charge on any atom is 0.274 e. The average Bonchev–Trinajstić information content (AvgIpc) is 3.98. The minimum Gasteiger partial charge on any atom is -0.319 e. The molecule has 0 unspecified atom stereocenters. The van der Waals surface area contributed by atoms with Crippen LogP contribution in [0.4, 0.5) is 11.4 Å². The summed E-state index contributed by atoms with van der Waals surface area (Å²) in [4.78, 5) is 36.2. The molecule has 2 N–H and O–H groups in total. The number of para-hydroxylation sites is 6. The quantitative estimate of drug-likeness (QED) is 0.0976. The van der Waals surface area contributed by atoms with Gasteiger partial charge in [-0.1, -0.05) is 109 Å². The Labute approximate surface area is 342 Å². The molecule has 58 heavy (non-hydrogen) atoms. The van der Waals surface area contributed by atoms with E-state index in [1.165, 1.54) is 4.68 Å². The number of aromatic nitrogens is 6. The van der Waals surface area contributed by atoms with Crippen molar-refractivity contribution in [1.82, 2.24) is 29.5 Å². The van der Waals surface area contributed by atoms with E-state index in [4.69, 9.17) is 28.4 Å². The Morgan fingerprint density at radius 3 is 1.22 bits per heavy atom. The number of rotatable bonds is 6. The Morgan fingerprint density at radius 2 is 0.810 bits per heavy atom. The predicted molar refractivity (Wildman–Crippen MR) is 233 cm³/mol. The summed E-state index contributed by atoms with van der Waals surface area (Å²) in [6, 6.07) is 53.8. The number of hydrogen-bond acceptors (Lipinski definition) is 7. The maximum absolute atomic E-state index is 13.2. The second kappa shape index (κ2) is 17.2. The van der Waals surface area contributed by atoms with Gasteiger partial charge in [-0.3, -0.25) is 14.4 Å². The van der Waals surface area contributed by atoms with Crippen LogP contribution in [0.25, 0.3) is 55.0 Å². The molecule has 12 heteroatoms. The molecule has 0 aliphatic rings. The zero-order valence-electron chi connectivity index (χ0n) is 30.6. The molecule has 4 heterocycles. The number of pyridine rings is 2. The molecule has 0 spiro atoms. The fraction of sp³-hybridized carbons (Fsp3) is 0. The number of benzene rings is 6. The number of amides is 1. The summed E-state index contributed by atoms with van der Waals surface area (Å²) in [5, 5.41) is 14.8. The average molecular weight is 800 g/mol. The molecule has 4 aromatic heterocycles. The van der Waals surface area contributed by atoms with Crippen LogP contribution in [0.15, 0.2) is 182 Å².